The second-order valence-corrected chi connectivity index (χ2v) is 5.14. The van der Waals surface area contributed by atoms with Crippen LogP contribution in [0.1, 0.15) is 39.0 Å². The second-order valence-electron chi connectivity index (χ2n) is 5.14. The molecular formula is C16H24N2O. The van der Waals surface area contributed by atoms with E-state index in [4.69, 9.17) is 10.2 Å². The van der Waals surface area contributed by atoms with E-state index in [-0.39, 0.29) is 6.04 Å². The summed E-state index contributed by atoms with van der Waals surface area (Å²) in [4.78, 5) is 2.40. The Bertz CT molecular complexity index is 487. The molecular weight excluding hydrogens is 236 g/mol. The molecule has 2 unspecified atom stereocenters. The monoisotopic (exact) mass is 260 g/mol. The summed E-state index contributed by atoms with van der Waals surface area (Å²) in [5.41, 5.74) is 7.21. The van der Waals surface area contributed by atoms with Crippen LogP contribution in [0.2, 0.25) is 0 Å². The Morgan fingerprint density at radius 3 is 2.63 bits per heavy atom. The lowest BCUT2D eigenvalue weighted by molar-refractivity contribution is 0.196. The van der Waals surface area contributed by atoms with E-state index in [1.807, 2.05) is 18.2 Å². The molecule has 1 aromatic heterocycles. The van der Waals surface area contributed by atoms with E-state index in [0.717, 1.165) is 36.2 Å². The van der Waals surface area contributed by atoms with Crippen molar-refractivity contribution in [2.45, 2.75) is 39.3 Å². The number of fused-ring (bicyclic) bond motifs is 1. The van der Waals surface area contributed by atoms with Crippen molar-refractivity contribution in [3.8, 4) is 0 Å². The molecule has 0 bridgehead atoms. The van der Waals surface area contributed by atoms with Gasteiger partial charge in [0.15, 0.2) is 0 Å². The third-order valence-corrected chi connectivity index (χ3v) is 3.86. The van der Waals surface area contributed by atoms with E-state index in [1.54, 1.807) is 0 Å². The highest BCUT2D eigenvalue weighted by Gasteiger charge is 2.18. The van der Waals surface area contributed by atoms with E-state index in [9.17, 15) is 0 Å². The maximum Gasteiger partial charge on any atom is 0.134 e. The Morgan fingerprint density at radius 2 is 2.00 bits per heavy atom. The summed E-state index contributed by atoms with van der Waals surface area (Å²) in [6, 6.07) is 10.6. The molecule has 0 aliphatic heterocycles. The smallest absolute Gasteiger partial charge is 0.134 e. The fourth-order valence-corrected chi connectivity index (χ4v) is 2.41. The van der Waals surface area contributed by atoms with Gasteiger partial charge in [0, 0.05) is 18.0 Å². The summed E-state index contributed by atoms with van der Waals surface area (Å²) >= 11 is 0. The summed E-state index contributed by atoms with van der Waals surface area (Å²) in [6.45, 7) is 8.49. The largest absolute Gasteiger partial charge is 0.459 e. The Labute approximate surface area is 115 Å². The van der Waals surface area contributed by atoms with Crippen LogP contribution in [0.3, 0.4) is 0 Å². The molecule has 0 aliphatic carbocycles. The van der Waals surface area contributed by atoms with Crippen LogP contribution in [0.5, 0.6) is 0 Å². The molecule has 2 N–H and O–H groups in total. The van der Waals surface area contributed by atoms with Crippen LogP contribution in [-0.2, 0) is 0 Å². The summed E-state index contributed by atoms with van der Waals surface area (Å²) in [7, 11) is 0. The van der Waals surface area contributed by atoms with Gasteiger partial charge in [0.2, 0.25) is 0 Å². The predicted octanol–water partition coefficient (Wildman–Crippen LogP) is 3.55. The molecule has 0 saturated carbocycles. The van der Waals surface area contributed by atoms with Gasteiger partial charge in [-0.3, -0.25) is 4.90 Å². The summed E-state index contributed by atoms with van der Waals surface area (Å²) < 4.78 is 5.84. The minimum absolute atomic E-state index is 0.0682. The summed E-state index contributed by atoms with van der Waals surface area (Å²) in [5, 5.41) is 1.12. The van der Waals surface area contributed by atoms with E-state index in [0.29, 0.717) is 6.04 Å². The fraction of sp³-hybridized carbons (Fsp3) is 0.500. The minimum Gasteiger partial charge on any atom is -0.459 e. The SMILES string of the molecule is CCC(C)N(CC)CC(N)c1cc2ccccc2o1. The Kier molecular flexibility index (Phi) is 4.61. The maximum atomic E-state index is 6.29. The first-order valence-electron chi connectivity index (χ1n) is 7.13. The molecule has 0 spiro atoms. The van der Waals surface area contributed by atoms with Crippen LogP contribution in [-0.4, -0.2) is 24.0 Å². The molecule has 0 radical (unpaired) electrons. The van der Waals surface area contributed by atoms with E-state index in [1.165, 1.54) is 0 Å². The molecule has 0 aliphatic rings. The van der Waals surface area contributed by atoms with Gasteiger partial charge in [0.1, 0.15) is 11.3 Å². The molecule has 19 heavy (non-hydrogen) atoms. The zero-order chi connectivity index (χ0) is 13.8. The first-order chi connectivity index (χ1) is 9.15. The quantitative estimate of drug-likeness (QED) is 0.863. The van der Waals surface area contributed by atoms with E-state index in [2.05, 4.69) is 37.8 Å². The molecule has 104 valence electrons. The number of nitrogens with zero attached hydrogens (tertiary/aromatic N) is 1. The fourth-order valence-electron chi connectivity index (χ4n) is 2.41. The number of furan rings is 1. The number of hydrogen-bond acceptors (Lipinski definition) is 3. The summed E-state index contributed by atoms with van der Waals surface area (Å²) in [5.74, 6) is 0.878. The molecule has 2 aromatic rings. The van der Waals surface area contributed by atoms with Gasteiger partial charge < -0.3 is 10.2 Å². The van der Waals surface area contributed by atoms with Crippen molar-refractivity contribution in [2.75, 3.05) is 13.1 Å². The van der Waals surface area contributed by atoms with E-state index >= 15 is 0 Å². The first kappa shape index (κ1) is 14.1. The molecule has 1 aromatic carbocycles. The number of likely N-dealkylation sites (N-methyl/N-ethyl adjacent to an activating group) is 1. The van der Waals surface area contributed by atoms with Crippen molar-refractivity contribution < 1.29 is 4.42 Å². The molecule has 1 heterocycles. The van der Waals surface area contributed by atoms with Crippen LogP contribution >= 0.6 is 0 Å². The van der Waals surface area contributed by atoms with Gasteiger partial charge in [-0.25, -0.2) is 0 Å². The Morgan fingerprint density at radius 1 is 1.26 bits per heavy atom. The average molecular weight is 260 g/mol. The Hall–Kier alpha value is -1.32. The van der Waals surface area contributed by atoms with Crippen LogP contribution < -0.4 is 5.73 Å². The number of benzene rings is 1. The molecule has 2 rings (SSSR count). The summed E-state index contributed by atoms with van der Waals surface area (Å²) in [6.07, 6.45) is 1.14. The zero-order valence-corrected chi connectivity index (χ0v) is 12.1. The van der Waals surface area contributed by atoms with Gasteiger partial charge >= 0.3 is 0 Å². The number of para-hydroxylation sites is 1. The Balaban J connectivity index is 2.12. The third kappa shape index (κ3) is 3.17. The van der Waals surface area contributed by atoms with Crippen LogP contribution in [0.4, 0.5) is 0 Å². The molecule has 3 heteroatoms. The van der Waals surface area contributed by atoms with Gasteiger partial charge in [-0.05, 0) is 32.0 Å². The average Bonchev–Trinajstić information content (AvgIpc) is 2.87. The molecule has 3 nitrogen and oxygen atoms in total. The first-order valence-corrected chi connectivity index (χ1v) is 7.13. The number of nitrogens with two attached hydrogens (primary N) is 1. The highest BCUT2D eigenvalue weighted by Crippen LogP contribution is 2.23. The maximum absolute atomic E-state index is 6.29. The topological polar surface area (TPSA) is 42.4 Å². The molecule has 2 atom stereocenters. The van der Waals surface area contributed by atoms with Crippen molar-refractivity contribution in [1.82, 2.24) is 4.90 Å². The molecule has 0 saturated heterocycles. The lowest BCUT2D eigenvalue weighted by Crippen LogP contribution is -2.38. The second kappa shape index (κ2) is 6.22. The van der Waals surface area contributed by atoms with Gasteiger partial charge in [-0.1, -0.05) is 32.0 Å². The van der Waals surface area contributed by atoms with Crippen LogP contribution in [0, 0.1) is 0 Å². The van der Waals surface area contributed by atoms with Gasteiger partial charge in [-0.15, -0.1) is 0 Å². The van der Waals surface area contributed by atoms with Gasteiger partial charge in [-0.2, -0.15) is 0 Å². The van der Waals surface area contributed by atoms with Gasteiger partial charge in [0.25, 0.3) is 0 Å². The third-order valence-electron chi connectivity index (χ3n) is 3.86. The van der Waals surface area contributed by atoms with Crippen molar-refractivity contribution >= 4 is 11.0 Å². The lowest BCUT2D eigenvalue weighted by Gasteiger charge is -2.28. The van der Waals surface area contributed by atoms with Crippen LogP contribution in [0.15, 0.2) is 34.7 Å². The number of rotatable bonds is 6. The van der Waals surface area contributed by atoms with Crippen molar-refractivity contribution in [2.24, 2.45) is 5.73 Å². The predicted molar refractivity (Wildman–Crippen MR) is 80.1 cm³/mol. The van der Waals surface area contributed by atoms with Crippen molar-refractivity contribution in [3.05, 3.63) is 36.1 Å². The molecule has 0 fully saturated rings. The minimum atomic E-state index is -0.0682. The van der Waals surface area contributed by atoms with Crippen molar-refractivity contribution in [1.29, 1.82) is 0 Å². The van der Waals surface area contributed by atoms with Crippen molar-refractivity contribution in [3.63, 3.8) is 0 Å². The van der Waals surface area contributed by atoms with E-state index < -0.39 is 0 Å². The van der Waals surface area contributed by atoms with Gasteiger partial charge in [0.05, 0.1) is 6.04 Å². The highest BCUT2D eigenvalue weighted by molar-refractivity contribution is 5.77. The standard InChI is InChI=1S/C16H24N2O/c1-4-12(3)18(5-2)11-14(17)16-10-13-8-6-7-9-15(13)19-16/h6-10,12,14H,4-5,11,17H2,1-3H3. The zero-order valence-electron chi connectivity index (χ0n) is 12.1. The highest BCUT2D eigenvalue weighted by atomic mass is 16.3. The molecule has 0 amide bonds. The normalized spacial score (nSPS) is 15.0. The lowest BCUT2D eigenvalue weighted by atomic mass is 10.1. The number of hydrogen-bond donors (Lipinski definition) is 1. The van der Waals surface area contributed by atoms with Crippen LogP contribution in [0.25, 0.3) is 11.0 Å².